The molecule has 0 amide bonds. The average Bonchev–Trinajstić information content (AvgIpc) is 3.31. The summed E-state index contributed by atoms with van der Waals surface area (Å²) in [7, 11) is 0. The number of nitrogens with zero attached hydrogens (tertiary/aromatic N) is 1. The summed E-state index contributed by atoms with van der Waals surface area (Å²) in [6.07, 6.45) is 1.05. The second kappa shape index (κ2) is 11.3. The second-order valence-corrected chi connectivity index (χ2v) is 12.0. The van der Waals surface area contributed by atoms with Crippen LogP contribution in [0.3, 0.4) is 0 Å². The normalized spacial score (nSPS) is 15.5. The van der Waals surface area contributed by atoms with E-state index in [0.29, 0.717) is 23.8 Å². The second-order valence-electron chi connectivity index (χ2n) is 12.0. The fourth-order valence-corrected chi connectivity index (χ4v) is 6.02. The van der Waals surface area contributed by atoms with Gasteiger partial charge in [-0.05, 0) is 71.0 Å². The first kappa shape index (κ1) is 27.0. The summed E-state index contributed by atoms with van der Waals surface area (Å²) in [5.74, 6) is 1.22. The molecule has 39 heavy (non-hydrogen) atoms. The fourth-order valence-electron chi connectivity index (χ4n) is 6.02. The van der Waals surface area contributed by atoms with Gasteiger partial charge in [-0.1, -0.05) is 108 Å². The van der Waals surface area contributed by atoms with Crippen molar-refractivity contribution in [2.45, 2.75) is 84.7 Å². The van der Waals surface area contributed by atoms with Crippen molar-refractivity contribution in [3.63, 3.8) is 0 Å². The lowest BCUT2D eigenvalue weighted by Crippen LogP contribution is -2.19. The molecule has 4 aromatic rings. The summed E-state index contributed by atoms with van der Waals surface area (Å²) in [5.41, 5.74) is 12.4. The Hall–Kier alpha value is -3.59. The molecular weight excluding hydrogens is 474 g/mol. The van der Waals surface area contributed by atoms with Crippen LogP contribution in [0.25, 0.3) is 11.3 Å². The van der Waals surface area contributed by atoms with Gasteiger partial charge in [0, 0.05) is 23.0 Å². The molecule has 2 atom stereocenters. The van der Waals surface area contributed by atoms with E-state index in [1.165, 1.54) is 44.8 Å². The molecule has 0 radical (unpaired) electrons. The molecule has 3 aromatic carbocycles. The van der Waals surface area contributed by atoms with E-state index in [9.17, 15) is 0 Å². The van der Waals surface area contributed by atoms with Crippen LogP contribution in [0.1, 0.15) is 106 Å². The largest absolute Gasteiger partial charge is 0.381 e. The molecule has 1 aliphatic rings. The summed E-state index contributed by atoms with van der Waals surface area (Å²) in [5, 5.41) is 7.76. The molecule has 1 aromatic heterocycles. The van der Waals surface area contributed by atoms with E-state index in [4.69, 9.17) is 4.98 Å². The van der Waals surface area contributed by atoms with Crippen molar-refractivity contribution in [2.75, 3.05) is 10.6 Å². The topological polar surface area (TPSA) is 37.0 Å². The Morgan fingerprint density at radius 1 is 0.692 bits per heavy atom. The molecule has 1 aliphatic heterocycles. The zero-order valence-corrected chi connectivity index (χ0v) is 24.5. The number of nitrogens with one attached hydrogen (secondary N) is 2. The number of anilines is 2. The Morgan fingerprint density at radius 2 is 1.28 bits per heavy atom. The van der Waals surface area contributed by atoms with Gasteiger partial charge in [-0.25, -0.2) is 0 Å². The summed E-state index contributed by atoms with van der Waals surface area (Å²) in [6, 6.07) is 29.1. The number of rotatable bonds is 8. The van der Waals surface area contributed by atoms with Crippen molar-refractivity contribution in [1.29, 1.82) is 0 Å². The zero-order chi connectivity index (χ0) is 27.7. The van der Waals surface area contributed by atoms with E-state index >= 15 is 0 Å². The van der Waals surface area contributed by atoms with Crippen LogP contribution in [0, 0.1) is 0 Å². The van der Waals surface area contributed by atoms with Crippen LogP contribution < -0.4 is 10.6 Å². The van der Waals surface area contributed by atoms with Gasteiger partial charge in [0.1, 0.15) is 0 Å². The molecule has 0 spiro atoms. The SMILES string of the molecule is CC1Cc2cccc(-c3cccc([C@H](Nc4c(C(C)C)cccc4C(C)C)c4ccccc4C(C)C)n3)c2N1. The van der Waals surface area contributed by atoms with Crippen molar-refractivity contribution in [2.24, 2.45) is 0 Å². The molecule has 1 unspecified atom stereocenters. The number of hydrogen-bond donors (Lipinski definition) is 2. The van der Waals surface area contributed by atoms with Crippen LogP contribution in [0.4, 0.5) is 11.4 Å². The monoisotopic (exact) mass is 517 g/mol. The lowest BCUT2D eigenvalue weighted by atomic mass is 9.88. The van der Waals surface area contributed by atoms with E-state index in [1.54, 1.807) is 0 Å². The minimum atomic E-state index is -0.0791. The molecule has 0 saturated carbocycles. The molecule has 0 saturated heterocycles. The molecule has 202 valence electrons. The number of pyridine rings is 1. The van der Waals surface area contributed by atoms with E-state index in [-0.39, 0.29) is 6.04 Å². The highest BCUT2D eigenvalue weighted by molar-refractivity contribution is 5.80. The van der Waals surface area contributed by atoms with Gasteiger partial charge in [-0.15, -0.1) is 0 Å². The molecule has 0 bridgehead atoms. The lowest BCUT2D eigenvalue weighted by molar-refractivity contribution is 0.788. The molecule has 5 rings (SSSR count). The fraction of sp³-hybridized carbons (Fsp3) is 0.361. The van der Waals surface area contributed by atoms with Crippen LogP contribution in [0.15, 0.2) is 78.9 Å². The number of aromatic nitrogens is 1. The first-order valence-corrected chi connectivity index (χ1v) is 14.6. The maximum Gasteiger partial charge on any atom is 0.0943 e. The Labute approximate surface area is 235 Å². The van der Waals surface area contributed by atoms with Crippen molar-refractivity contribution in [3.8, 4) is 11.3 Å². The number of fused-ring (bicyclic) bond motifs is 1. The Balaban J connectivity index is 1.68. The summed E-state index contributed by atoms with van der Waals surface area (Å²) in [6.45, 7) is 15.9. The van der Waals surface area contributed by atoms with Crippen molar-refractivity contribution < 1.29 is 0 Å². The van der Waals surface area contributed by atoms with Gasteiger partial charge in [0.25, 0.3) is 0 Å². The number of benzene rings is 3. The van der Waals surface area contributed by atoms with Crippen LogP contribution >= 0.6 is 0 Å². The van der Waals surface area contributed by atoms with E-state index < -0.39 is 0 Å². The van der Waals surface area contributed by atoms with Gasteiger partial charge in [0.05, 0.1) is 17.4 Å². The number of para-hydroxylation sites is 2. The third-order valence-corrected chi connectivity index (χ3v) is 8.00. The van der Waals surface area contributed by atoms with Crippen molar-refractivity contribution >= 4 is 11.4 Å². The smallest absolute Gasteiger partial charge is 0.0943 e. The van der Waals surface area contributed by atoms with Gasteiger partial charge in [-0.3, -0.25) is 4.98 Å². The van der Waals surface area contributed by atoms with Gasteiger partial charge in [-0.2, -0.15) is 0 Å². The minimum Gasteiger partial charge on any atom is -0.381 e. The Morgan fingerprint density at radius 3 is 1.95 bits per heavy atom. The Bertz CT molecular complexity index is 1420. The van der Waals surface area contributed by atoms with Crippen molar-refractivity contribution in [3.05, 3.63) is 112 Å². The van der Waals surface area contributed by atoms with Gasteiger partial charge in [0.15, 0.2) is 0 Å². The van der Waals surface area contributed by atoms with Crippen LogP contribution in [0.5, 0.6) is 0 Å². The zero-order valence-electron chi connectivity index (χ0n) is 24.5. The Kier molecular flexibility index (Phi) is 7.79. The highest BCUT2D eigenvalue weighted by atomic mass is 15.0. The summed E-state index contributed by atoms with van der Waals surface area (Å²) < 4.78 is 0. The summed E-state index contributed by atoms with van der Waals surface area (Å²) >= 11 is 0. The first-order chi connectivity index (χ1) is 18.7. The van der Waals surface area contributed by atoms with E-state index in [1.807, 2.05) is 0 Å². The predicted octanol–water partition coefficient (Wildman–Crippen LogP) is 9.68. The molecule has 3 heteroatoms. The first-order valence-electron chi connectivity index (χ1n) is 14.6. The van der Waals surface area contributed by atoms with Crippen molar-refractivity contribution in [1.82, 2.24) is 4.98 Å². The standard InChI is InChI=1S/C36H43N3/c1-22(2)27-14-8-9-15-30(27)36(39-35-28(23(3)4)16-11-17-29(35)24(5)6)33-20-12-19-32(38-33)31-18-10-13-26-21-25(7)37-34(26)31/h8-20,22-25,36-37,39H,21H2,1-7H3/t25?,36-/m1/s1. The average molecular weight is 518 g/mol. The third-order valence-electron chi connectivity index (χ3n) is 8.00. The number of hydrogen-bond acceptors (Lipinski definition) is 3. The predicted molar refractivity (Wildman–Crippen MR) is 167 cm³/mol. The maximum atomic E-state index is 5.37. The van der Waals surface area contributed by atoms with Crippen LogP contribution in [0.2, 0.25) is 0 Å². The molecule has 2 N–H and O–H groups in total. The molecule has 3 nitrogen and oxygen atoms in total. The molecule has 2 heterocycles. The van der Waals surface area contributed by atoms with Crippen LogP contribution in [-0.4, -0.2) is 11.0 Å². The van der Waals surface area contributed by atoms with Gasteiger partial charge in [0.2, 0.25) is 0 Å². The molecular formula is C36H43N3. The van der Waals surface area contributed by atoms with E-state index in [2.05, 4.69) is 138 Å². The highest BCUT2D eigenvalue weighted by Crippen LogP contribution is 2.40. The van der Waals surface area contributed by atoms with Gasteiger partial charge >= 0.3 is 0 Å². The van der Waals surface area contributed by atoms with Gasteiger partial charge < -0.3 is 10.6 Å². The van der Waals surface area contributed by atoms with Crippen LogP contribution in [-0.2, 0) is 6.42 Å². The minimum absolute atomic E-state index is 0.0791. The summed E-state index contributed by atoms with van der Waals surface area (Å²) in [4.78, 5) is 5.37. The van der Waals surface area contributed by atoms with E-state index in [0.717, 1.165) is 17.8 Å². The quantitative estimate of drug-likeness (QED) is 0.244. The third kappa shape index (κ3) is 5.45. The maximum absolute atomic E-state index is 5.37. The lowest BCUT2D eigenvalue weighted by Gasteiger charge is -2.29. The molecule has 0 aliphatic carbocycles. The highest BCUT2D eigenvalue weighted by Gasteiger charge is 2.25. The molecule has 0 fully saturated rings.